The van der Waals surface area contributed by atoms with E-state index in [1.165, 1.54) is 11.3 Å². The summed E-state index contributed by atoms with van der Waals surface area (Å²) in [4.78, 5) is 52.8. The Balaban J connectivity index is 1.35. The van der Waals surface area contributed by atoms with Crippen LogP contribution in [-0.4, -0.2) is 86.8 Å². The quantitative estimate of drug-likeness (QED) is 0.187. The van der Waals surface area contributed by atoms with E-state index in [9.17, 15) is 22.8 Å². The van der Waals surface area contributed by atoms with Crippen LogP contribution >= 0.6 is 46.1 Å². The van der Waals surface area contributed by atoms with Gasteiger partial charge >= 0.3 is 18.4 Å². The standard InChI is InChI=1S/C41H46Cl3F3N4O6S/c1-39(2,3)56-37(53)49-20-27-18-28(35-48-25(22-58-35)10-8-16-55-32-17-24(41(45,46)47)12-15-29(32)42)33(31(21-49)51(27)38(54)57-40(4,5)6)36(52)50(26-13-14-26)19-23-9-7-11-30(43)34(23)44/h7,9,11-12,15,17,22,26-27,31H,8,10,13-14,16,18-21H2,1-6H3. The monoisotopic (exact) mass is 884 g/mol. The molecule has 2 fully saturated rings. The number of alkyl halides is 3. The van der Waals surface area contributed by atoms with Gasteiger partial charge in [-0.3, -0.25) is 9.69 Å². The molecule has 58 heavy (non-hydrogen) atoms. The highest BCUT2D eigenvalue weighted by molar-refractivity contribution is 7.10. The molecule has 3 heterocycles. The second-order valence-corrected chi connectivity index (χ2v) is 18.7. The summed E-state index contributed by atoms with van der Waals surface area (Å²) in [6.45, 7) is 11.0. The maximum absolute atomic E-state index is 15.2. The lowest BCUT2D eigenvalue weighted by Gasteiger charge is -2.50. The number of fused-ring (bicyclic) bond motifs is 2. The predicted octanol–water partition coefficient (Wildman–Crippen LogP) is 10.7. The Bertz CT molecular complexity index is 2080. The zero-order valence-electron chi connectivity index (χ0n) is 33.1. The molecule has 3 aliphatic rings. The molecule has 17 heteroatoms. The number of amides is 3. The number of aryl methyl sites for hydroxylation is 1. The number of ether oxygens (including phenoxy) is 3. The van der Waals surface area contributed by atoms with Gasteiger partial charge in [-0.1, -0.05) is 46.9 Å². The number of hydrogen-bond donors (Lipinski definition) is 0. The van der Waals surface area contributed by atoms with Gasteiger partial charge in [-0.2, -0.15) is 13.2 Å². The van der Waals surface area contributed by atoms with Crippen molar-refractivity contribution in [3.8, 4) is 5.75 Å². The molecule has 0 spiro atoms. The lowest BCUT2D eigenvalue weighted by atomic mass is 9.84. The third-order valence-electron chi connectivity index (χ3n) is 9.66. The fraction of sp³-hybridized carbons (Fsp3) is 0.512. The molecule has 1 saturated heterocycles. The fourth-order valence-electron chi connectivity index (χ4n) is 7.00. The summed E-state index contributed by atoms with van der Waals surface area (Å²) in [5.74, 6) is -0.383. The Labute approximate surface area is 355 Å². The topological polar surface area (TPSA) is 102 Å². The largest absolute Gasteiger partial charge is 0.492 e. The number of carbonyl (C=O) groups excluding carboxylic acids is 3. The van der Waals surface area contributed by atoms with Gasteiger partial charge in [0.15, 0.2) is 0 Å². The minimum Gasteiger partial charge on any atom is -0.492 e. The molecule has 6 rings (SSSR count). The SMILES string of the molecule is CC(C)(C)OC(=O)N1CC2CC(c3nc(CCCOc4cc(C(F)(F)F)ccc4Cl)cs3)=C(C(=O)N(Cc3cccc(Cl)c3Cl)C3CC3)C(C1)N2C(=O)OC(C)(C)C. The maximum atomic E-state index is 15.2. The van der Waals surface area contributed by atoms with Crippen molar-refractivity contribution in [2.75, 3.05) is 19.7 Å². The highest BCUT2D eigenvalue weighted by Gasteiger charge is 2.51. The summed E-state index contributed by atoms with van der Waals surface area (Å²) in [7, 11) is 0. The molecule has 10 nitrogen and oxygen atoms in total. The molecule has 314 valence electrons. The number of aromatic nitrogens is 1. The smallest absolute Gasteiger partial charge is 0.416 e. The van der Waals surface area contributed by atoms with Gasteiger partial charge in [-0.15, -0.1) is 11.3 Å². The molecular formula is C41H46Cl3F3N4O6S. The molecule has 2 unspecified atom stereocenters. The van der Waals surface area contributed by atoms with Gasteiger partial charge in [0, 0.05) is 42.2 Å². The summed E-state index contributed by atoms with van der Waals surface area (Å²) in [6, 6.07) is 6.62. The van der Waals surface area contributed by atoms with Gasteiger partial charge in [0.1, 0.15) is 22.0 Å². The van der Waals surface area contributed by atoms with E-state index < -0.39 is 47.2 Å². The first-order valence-electron chi connectivity index (χ1n) is 19.0. The van der Waals surface area contributed by atoms with Gasteiger partial charge < -0.3 is 24.0 Å². The molecule has 1 aliphatic carbocycles. The number of nitrogens with zero attached hydrogens (tertiary/aromatic N) is 4. The first kappa shape index (κ1) is 43.8. The minimum atomic E-state index is -4.54. The summed E-state index contributed by atoms with van der Waals surface area (Å²) in [5.41, 5.74) is -0.138. The summed E-state index contributed by atoms with van der Waals surface area (Å²) in [6.07, 6.45) is -3.13. The molecule has 2 atom stereocenters. The van der Waals surface area contributed by atoms with Crippen molar-refractivity contribution >= 4 is 69.8 Å². The van der Waals surface area contributed by atoms with Crippen molar-refractivity contribution in [3.05, 3.63) is 84.2 Å². The van der Waals surface area contributed by atoms with E-state index >= 15 is 4.79 Å². The van der Waals surface area contributed by atoms with Crippen molar-refractivity contribution in [2.45, 2.75) is 116 Å². The fourth-order valence-corrected chi connectivity index (χ4v) is 8.47. The van der Waals surface area contributed by atoms with Gasteiger partial charge in [-0.25, -0.2) is 14.6 Å². The maximum Gasteiger partial charge on any atom is 0.416 e. The van der Waals surface area contributed by atoms with Crippen molar-refractivity contribution in [1.82, 2.24) is 19.7 Å². The van der Waals surface area contributed by atoms with Gasteiger partial charge in [0.05, 0.1) is 45.0 Å². The lowest BCUT2D eigenvalue weighted by Crippen LogP contribution is -2.66. The number of benzene rings is 2. The normalized spacial score (nSPS) is 18.6. The van der Waals surface area contributed by atoms with Gasteiger partial charge in [-0.05, 0) is 103 Å². The second kappa shape index (κ2) is 17.1. The average Bonchev–Trinajstić information content (AvgIpc) is 3.84. The van der Waals surface area contributed by atoms with Crippen LogP contribution in [0.15, 0.2) is 47.4 Å². The molecule has 3 aromatic rings. The van der Waals surface area contributed by atoms with E-state index in [1.807, 2.05) is 11.4 Å². The van der Waals surface area contributed by atoms with Crippen LogP contribution in [-0.2, 0) is 33.4 Å². The van der Waals surface area contributed by atoms with Crippen LogP contribution in [0.2, 0.25) is 15.1 Å². The van der Waals surface area contributed by atoms with Crippen molar-refractivity contribution in [1.29, 1.82) is 0 Å². The third kappa shape index (κ3) is 10.5. The number of carbonyl (C=O) groups is 3. The van der Waals surface area contributed by atoms with Crippen molar-refractivity contribution < 1.29 is 41.8 Å². The van der Waals surface area contributed by atoms with Crippen LogP contribution in [0.5, 0.6) is 5.75 Å². The van der Waals surface area contributed by atoms with E-state index in [0.717, 1.165) is 31.0 Å². The van der Waals surface area contributed by atoms with Crippen LogP contribution in [0.4, 0.5) is 22.8 Å². The first-order chi connectivity index (χ1) is 27.1. The molecule has 0 N–H and O–H groups in total. The number of rotatable bonds is 10. The molecule has 0 radical (unpaired) electrons. The Morgan fingerprint density at radius 2 is 1.62 bits per heavy atom. The predicted molar refractivity (Wildman–Crippen MR) is 217 cm³/mol. The first-order valence-corrected chi connectivity index (χ1v) is 21.0. The van der Waals surface area contributed by atoms with Crippen molar-refractivity contribution in [2.24, 2.45) is 0 Å². The highest BCUT2D eigenvalue weighted by atomic mass is 35.5. The van der Waals surface area contributed by atoms with E-state index in [4.69, 9.17) is 54.0 Å². The summed E-state index contributed by atoms with van der Waals surface area (Å²) < 4.78 is 57.2. The Hall–Kier alpha value is -3.72. The van der Waals surface area contributed by atoms with Gasteiger partial charge in [0.25, 0.3) is 5.91 Å². The number of piperazine rings is 1. The number of hydrogen-bond acceptors (Lipinski definition) is 8. The zero-order chi connectivity index (χ0) is 42.3. The average molecular weight is 886 g/mol. The van der Waals surface area contributed by atoms with E-state index in [0.29, 0.717) is 50.3 Å². The van der Waals surface area contributed by atoms with Crippen LogP contribution in [0, 0.1) is 0 Å². The lowest BCUT2D eigenvalue weighted by molar-refractivity contribution is -0.137. The molecule has 3 amide bonds. The zero-order valence-corrected chi connectivity index (χ0v) is 36.1. The molecular weight excluding hydrogens is 840 g/mol. The van der Waals surface area contributed by atoms with Crippen molar-refractivity contribution in [3.63, 3.8) is 0 Å². The Morgan fingerprint density at radius 1 is 0.931 bits per heavy atom. The molecule has 1 aromatic heterocycles. The number of thiazole rings is 1. The summed E-state index contributed by atoms with van der Waals surface area (Å²) >= 11 is 20.5. The molecule has 1 saturated carbocycles. The van der Waals surface area contributed by atoms with Crippen LogP contribution < -0.4 is 4.74 Å². The van der Waals surface area contributed by atoms with Crippen LogP contribution in [0.25, 0.3) is 5.57 Å². The minimum absolute atomic E-state index is 0.0284. The Kier molecular flexibility index (Phi) is 12.9. The van der Waals surface area contributed by atoms with E-state index in [2.05, 4.69) is 0 Å². The second-order valence-electron chi connectivity index (χ2n) is 16.7. The number of halogens is 6. The van der Waals surface area contributed by atoms with Crippen LogP contribution in [0.1, 0.15) is 89.1 Å². The Morgan fingerprint density at radius 3 is 2.28 bits per heavy atom. The van der Waals surface area contributed by atoms with Crippen LogP contribution in [0.3, 0.4) is 0 Å². The molecule has 2 aromatic carbocycles. The van der Waals surface area contributed by atoms with E-state index in [-0.39, 0.29) is 55.4 Å². The molecule has 2 bridgehead atoms. The summed E-state index contributed by atoms with van der Waals surface area (Å²) in [5, 5.41) is 3.22. The third-order valence-corrected chi connectivity index (χ3v) is 11.8. The van der Waals surface area contributed by atoms with Gasteiger partial charge in [0.2, 0.25) is 0 Å². The molecule has 2 aliphatic heterocycles. The van der Waals surface area contributed by atoms with E-state index in [1.54, 1.807) is 68.4 Å². The highest BCUT2D eigenvalue weighted by Crippen LogP contribution is 2.43.